The predicted molar refractivity (Wildman–Crippen MR) is 206 cm³/mol. The van der Waals surface area contributed by atoms with Gasteiger partial charge in [-0.05, 0) is 101 Å². The van der Waals surface area contributed by atoms with Gasteiger partial charge >= 0.3 is 5.97 Å². The number of Topliss-reactive ketones (excluding diaryl/α,β-unsaturated/α-hetero) is 2. The van der Waals surface area contributed by atoms with Crippen LogP contribution in [0, 0.1) is 35.5 Å². The molecule has 312 valence electrons. The van der Waals surface area contributed by atoms with Crippen molar-refractivity contribution >= 4 is 23.4 Å². The number of aliphatic hydroxyl groups excluding tert-OH is 2. The van der Waals surface area contributed by atoms with Crippen LogP contribution in [0.15, 0.2) is 23.3 Å². The smallest absolute Gasteiger partial charge is 0.329 e. The number of ketones is 2. The molecule has 2 bridgehead atoms. The molecule has 14 atom stereocenters. The Kier molecular flexibility index (Phi) is 16.3. The van der Waals surface area contributed by atoms with Gasteiger partial charge in [-0.3, -0.25) is 14.4 Å². The lowest BCUT2D eigenvalue weighted by atomic mass is 9.78. The van der Waals surface area contributed by atoms with E-state index in [1.807, 2.05) is 39.8 Å². The molecule has 2 saturated heterocycles. The third-order valence-electron chi connectivity index (χ3n) is 12.9. The number of rotatable bonds is 5. The minimum atomic E-state index is -2.42. The summed E-state index contributed by atoms with van der Waals surface area (Å²) < 4.78 is 24.0. The van der Waals surface area contributed by atoms with Gasteiger partial charge in [0.2, 0.25) is 5.79 Å². The Bertz CT molecular complexity index is 1410. The van der Waals surface area contributed by atoms with E-state index in [1.54, 1.807) is 28.1 Å². The zero-order chi connectivity index (χ0) is 40.8. The van der Waals surface area contributed by atoms with Crippen LogP contribution in [0.4, 0.5) is 0 Å². The zero-order valence-corrected chi connectivity index (χ0v) is 34.7. The molecule has 4 rings (SSSR count). The number of hydrogen-bond donors (Lipinski definition) is 3. The third kappa shape index (κ3) is 10.7. The first-order chi connectivity index (χ1) is 25.9. The van der Waals surface area contributed by atoms with Gasteiger partial charge in [-0.1, -0.05) is 52.3 Å². The lowest BCUT2D eigenvalue weighted by molar-refractivity contribution is -0.290. The standard InChI is InChI=1S/C43H69NO11/c1-10-31-18-24(2)17-25(3)19-37(53-9)39-26(4)20-28(6)43(51,55-39)40(48)41(49)44-16-12-11-13-32(44)42(50)54-38(29(7)34(46)23-35(31)47)27(5)21-30-14-15-33(45)36(22-30)52-8/h18,21,25-26,28-34,36-39,45-46,51H,10-17,19-20,22-23H2,1-9H3. The number of carbonyl (C=O) groups excluding carboxylic acids is 4. The second-order valence-corrected chi connectivity index (χ2v) is 17.4. The number of amides is 1. The van der Waals surface area contributed by atoms with Crippen LogP contribution in [-0.4, -0.2) is 113 Å². The molecule has 0 spiro atoms. The molecule has 4 aliphatic rings. The highest BCUT2D eigenvalue weighted by molar-refractivity contribution is 6.39. The fourth-order valence-electron chi connectivity index (χ4n) is 9.54. The summed E-state index contributed by atoms with van der Waals surface area (Å²) in [7, 11) is 3.14. The average Bonchev–Trinajstić information content (AvgIpc) is 3.15. The van der Waals surface area contributed by atoms with E-state index in [0.29, 0.717) is 63.4 Å². The highest BCUT2D eigenvalue weighted by atomic mass is 16.7. The van der Waals surface area contributed by atoms with E-state index in [9.17, 15) is 34.5 Å². The molecule has 3 heterocycles. The molecular weight excluding hydrogens is 706 g/mol. The number of esters is 1. The Labute approximate surface area is 328 Å². The van der Waals surface area contributed by atoms with E-state index in [0.717, 1.165) is 5.57 Å². The van der Waals surface area contributed by atoms with Gasteiger partial charge < -0.3 is 39.2 Å². The highest BCUT2D eigenvalue weighted by Gasteiger charge is 2.55. The molecule has 1 saturated carbocycles. The highest BCUT2D eigenvalue weighted by Crippen LogP contribution is 2.40. The zero-order valence-electron chi connectivity index (χ0n) is 34.7. The van der Waals surface area contributed by atoms with Crippen molar-refractivity contribution in [2.24, 2.45) is 35.5 Å². The van der Waals surface area contributed by atoms with Gasteiger partial charge in [0.15, 0.2) is 0 Å². The molecule has 0 aromatic heterocycles. The maximum Gasteiger partial charge on any atom is 0.329 e. The van der Waals surface area contributed by atoms with Gasteiger partial charge in [0, 0.05) is 44.9 Å². The average molecular weight is 776 g/mol. The summed E-state index contributed by atoms with van der Waals surface area (Å²) in [6, 6.07) is -1.11. The van der Waals surface area contributed by atoms with Crippen molar-refractivity contribution in [1.29, 1.82) is 0 Å². The number of nitrogens with zero attached hydrogens (tertiary/aromatic N) is 1. The fourth-order valence-corrected chi connectivity index (χ4v) is 9.54. The number of methoxy groups -OCH3 is 2. The number of carbonyl (C=O) groups is 4. The van der Waals surface area contributed by atoms with Crippen molar-refractivity contribution in [2.45, 2.75) is 168 Å². The minimum Gasteiger partial charge on any atom is -0.456 e. The summed E-state index contributed by atoms with van der Waals surface area (Å²) in [6.07, 6.45) is 5.07. The molecule has 12 nitrogen and oxygen atoms in total. The number of aliphatic hydroxyl groups is 3. The maximum atomic E-state index is 14.3. The van der Waals surface area contributed by atoms with Crippen molar-refractivity contribution in [1.82, 2.24) is 4.90 Å². The number of fused-ring (bicyclic) bond motifs is 3. The van der Waals surface area contributed by atoms with E-state index in [2.05, 4.69) is 6.92 Å². The first-order valence-corrected chi connectivity index (χ1v) is 20.7. The van der Waals surface area contributed by atoms with Crippen LogP contribution in [0.5, 0.6) is 0 Å². The monoisotopic (exact) mass is 775 g/mol. The predicted octanol–water partition coefficient (Wildman–Crippen LogP) is 5.09. The fraction of sp³-hybridized carbons (Fsp3) is 0.814. The molecule has 12 heteroatoms. The number of allylic oxidation sites excluding steroid dienone is 3. The van der Waals surface area contributed by atoms with Gasteiger partial charge in [0.25, 0.3) is 11.7 Å². The second-order valence-electron chi connectivity index (χ2n) is 17.4. The topological polar surface area (TPSA) is 169 Å². The Morgan fingerprint density at radius 3 is 2.29 bits per heavy atom. The molecule has 0 aromatic carbocycles. The van der Waals surface area contributed by atoms with Gasteiger partial charge in [0.05, 0.1) is 30.5 Å². The van der Waals surface area contributed by atoms with E-state index < -0.39 is 77.8 Å². The van der Waals surface area contributed by atoms with Crippen molar-refractivity contribution in [3.8, 4) is 0 Å². The Balaban J connectivity index is 1.75. The van der Waals surface area contributed by atoms with Crippen LogP contribution < -0.4 is 0 Å². The van der Waals surface area contributed by atoms with Crippen LogP contribution >= 0.6 is 0 Å². The first-order valence-electron chi connectivity index (χ1n) is 20.7. The van der Waals surface area contributed by atoms with Gasteiger partial charge in [-0.25, -0.2) is 4.79 Å². The lowest BCUT2D eigenvalue weighted by Crippen LogP contribution is -2.63. The van der Waals surface area contributed by atoms with Crippen molar-refractivity contribution in [3.63, 3.8) is 0 Å². The van der Waals surface area contributed by atoms with Crippen molar-refractivity contribution in [3.05, 3.63) is 23.3 Å². The summed E-state index contributed by atoms with van der Waals surface area (Å²) in [5.74, 6) is -7.17. The molecule has 55 heavy (non-hydrogen) atoms. The number of ether oxygens (including phenoxy) is 4. The molecule has 14 unspecified atom stereocenters. The van der Waals surface area contributed by atoms with E-state index in [-0.39, 0.29) is 49.0 Å². The quantitative estimate of drug-likeness (QED) is 0.193. The molecule has 0 radical (unpaired) electrons. The molecule has 0 aromatic rings. The molecular formula is C43H69NO11. The van der Waals surface area contributed by atoms with E-state index in [1.165, 1.54) is 4.90 Å². The molecule has 1 amide bonds. The number of cyclic esters (lactones) is 1. The molecule has 1 aliphatic carbocycles. The largest absolute Gasteiger partial charge is 0.456 e. The third-order valence-corrected chi connectivity index (χ3v) is 12.9. The van der Waals surface area contributed by atoms with Gasteiger partial charge in [-0.15, -0.1) is 0 Å². The SMILES string of the molecule is CCC1C=C(C)CC(C)CC(OC)C2OC(O)(C(=O)C(=O)N3CCCCC3C(=O)OC(C(C)=CC3CCC(O)C(OC)C3)C(C)C(O)CC1=O)C(C)CC2C. The minimum absolute atomic E-state index is 0.0102. The molecule has 3 aliphatic heterocycles. The Hall–Kier alpha value is -2.48. The molecule has 3 fully saturated rings. The second kappa shape index (κ2) is 19.8. The van der Waals surface area contributed by atoms with Crippen LogP contribution in [0.3, 0.4) is 0 Å². The lowest BCUT2D eigenvalue weighted by Gasteiger charge is -2.46. The summed E-state index contributed by atoms with van der Waals surface area (Å²) in [6.45, 7) is 13.4. The van der Waals surface area contributed by atoms with Gasteiger partial charge in [-0.2, -0.15) is 0 Å². The van der Waals surface area contributed by atoms with Crippen LogP contribution in [0.1, 0.15) is 119 Å². The molecule has 3 N–H and O–H groups in total. The Morgan fingerprint density at radius 2 is 1.64 bits per heavy atom. The van der Waals surface area contributed by atoms with Crippen LogP contribution in [0.25, 0.3) is 0 Å². The normalized spacial score (nSPS) is 41.2. The van der Waals surface area contributed by atoms with Gasteiger partial charge in [0.1, 0.15) is 17.9 Å². The first kappa shape index (κ1) is 45.2. The van der Waals surface area contributed by atoms with Crippen LogP contribution in [0.2, 0.25) is 0 Å². The van der Waals surface area contributed by atoms with E-state index >= 15 is 0 Å². The summed E-state index contributed by atoms with van der Waals surface area (Å²) in [4.78, 5) is 57.5. The van der Waals surface area contributed by atoms with Crippen molar-refractivity contribution in [2.75, 3.05) is 20.8 Å². The summed E-state index contributed by atoms with van der Waals surface area (Å²) >= 11 is 0. The van der Waals surface area contributed by atoms with E-state index in [4.69, 9.17) is 18.9 Å². The maximum absolute atomic E-state index is 14.3. The summed E-state index contributed by atoms with van der Waals surface area (Å²) in [5.41, 5.74) is 1.70. The van der Waals surface area contributed by atoms with Crippen LogP contribution in [-0.2, 0) is 38.1 Å². The number of hydrogen-bond acceptors (Lipinski definition) is 11. The summed E-state index contributed by atoms with van der Waals surface area (Å²) in [5, 5.41) is 34.0. The number of piperidine rings is 1. The Morgan fingerprint density at radius 1 is 0.945 bits per heavy atom. The van der Waals surface area contributed by atoms with Crippen molar-refractivity contribution < 1.29 is 53.4 Å².